The number of rotatable bonds is 4. The molecule has 5 heteroatoms. The monoisotopic (exact) mass is 329 g/mol. The van der Waals surface area contributed by atoms with E-state index >= 15 is 0 Å². The molecule has 1 N–H and O–H groups in total. The molecule has 0 atom stereocenters. The van der Waals surface area contributed by atoms with E-state index in [4.69, 9.17) is 0 Å². The van der Waals surface area contributed by atoms with E-state index in [0.717, 1.165) is 34.5 Å². The second-order valence-electron chi connectivity index (χ2n) is 6.01. The van der Waals surface area contributed by atoms with E-state index in [1.807, 2.05) is 29.9 Å². The Morgan fingerprint density at radius 3 is 2.76 bits per heavy atom. The lowest BCUT2D eigenvalue weighted by molar-refractivity contribution is 0.947. The van der Waals surface area contributed by atoms with Gasteiger partial charge in [-0.25, -0.2) is 9.97 Å². The van der Waals surface area contributed by atoms with E-state index in [2.05, 4.69) is 51.5 Å². The minimum atomic E-state index is 0.819. The van der Waals surface area contributed by atoms with Gasteiger partial charge in [-0.1, -0.05) is 19.1 Å². The van der Waals surface area contributed by atoms with Crippen molar-refractivity contribution in [2.75, 3.05) is 5.32 Å². The molecule has 0 fully saturated rings. The van der Waals surface area contributed by atoms with E-state index < -0.39 is 0 Å². The lowest BCUT2D eigenvalue weighted by Gasteiger charge is -2.12. The van der Waals surface area contributed by atoms with Gasteiger partial charge in [0.05, 0.1) is 18.0 Å². The molecule has 0 saturated carbocycles. The topological polar surface area (TPSA) is 55.6 Å². The third-order valence-corrected chi connectivity index (χ3v) is 4.36. The van der Waals surface area contributed by atoms with Gasteiger partial charge in [0.15, 0.2) is 0 Å². The summed E-state index contributed by atoms with van der Waals surface area (Å²) in [6, 6.07) is 12.5. The molecule has 0 amide bonds. The maximum absolute atomic E-state index is 4.47. The Balaban J connectivity index is 1.68. The standard InChI is InChI=1S/C20H19N5/c1-3-14-9-15(16-5-4-8-21-11-16)6-7-17(14)24-20-10-19-18(12-22-20)23-13-25(19)2/h4-13H,3H2,1-2H3,(H,22,24). The van der Waals surface area contributed by atoms with Crippen molar-refractivity contribution < 1.29 is 0 Å². The Bertz CT molecular complexity index is 1020. The maximum atomic E-state index is 4.47. The number of hydrogen-bond donors (Lipinski definition) is 1. The minimum absolute atomic E-state index is 0.819. The first kappa shape index (κ1) is 15.3. The third-order valence-electron chi connectivity index (χ3n) is 4.36. The van der Waals surface area contributed by atoms with Crippen molar-refractivity contribution in [1.82, 2.24) is 19.5 Å². The zero-order chi connectivity index (χ0) is 17.2. The molecule has 0 aliphatic carbocycles. The Labute approximate surface area is 146 Å². The highest BCUT2D eigenvalue weighted by Crippen LogP contribution is 2.27. The molecule has 0 saturated heterocycles. The quantitative estimate of drug-likeness (QED) is 0.605. The fourth-order valence-electron chi connectivity index (χ4n) is 2.96. The summed E-state index contributed by atoms with van der Waals surface area (Å²) < 4.78 is 1.99. The highest BCUT2D eigenvalue weighted by atomic mass is 15.0. The Morgan fingerprint density at radius 2 is 1.96 bits per heavy atom. The molecule has 124 valence electrons. The summed E-state index contributed by atoms with van der Waals surface area (Å²) in [5.74, 6) is 0.819. The summed E-state index contributed by atoms with van der Waals surface area (Å²) >= 11 is 0. The molecule has 0 bridgehead atoms. The number of pyridine rings is 2. The molecule has 0 radical (unpaired) electrons. The molecule has 0 aliphatic rings. The average molecular weight is 329 g/mol. The molecule has 3 heterocycles. The number of aryl methyl sites for hydroxylation is 2. The number of fused-ring (bicyclic) bond motifs is 1. The second kappa shape index (κ2) is 6.36. The van der Waals surface area contributed by atoms with E-state index in [1.165, 1.54) is 11.1 Å². The lowest BCUT2D eigenvalue weighted by atomic mass is 10.0. The summed E-state index contributed by atoms with van der Waals surface area (Å²) in [7, 11) is 1.99. The largest absolute Gasteiger partial charge is 0.340 e. The van der Waals surface area contributed by atoms with Crippen molar-refractivity contribution in [2.24, 2.45) is 7.05 Å². The van der Waals surface area contributed by atoms with Gasteiger partial charge >= 0.3 is 0 Å². The van der Waals surface area contributed by atoms with Gasteiger partial charge in [-0.3, -0.25) is 4.98 Å². The Morgan fingerprint density at radius 1 is 1.04 bits per heavy atom. The zero-order valence-corrected chi connectivity index (χ0v) is 14.3. The first-order valence-electron chi connectivity index (χ1n) is 8.32. The molecule has 0 spiro atoms. The summed E-state index contributed by atoms with van der Waals surface area (Å²) in [6.45, 7) is 2.16. The smallest absolute Gasteiger partial charge is 0.132 e. The van der Waals surface area contributed by atoms with Crippen molar-refractivity contribution in [3.05, 3.63) is 66.9 Å². The third kappa shape index (κ3) is 2.96. The minimum Gasteiger partial charge on any atom is -0.340 e. The van der Waals surface area contributed by atoms with Crippen LogP contribution in [0.2, 0.25) is 0 Å². The van der Waals surface area contributed by atoms with Crippen LogP contribution in [0.4, 0.5) is 11.5 Å². The van der Waals surface area contributed by atoms with Crippen molar-refractivity contribution >= 4 is 22.5 Å². The van der Waals surface area contributed by atoms with Crippen molar-refractivity contribution in [2.45, 2.75) is 13.3 Å². The molecular weight excluding hydrogens is 310 g/mol. The Kier molecular flexibility index (Phi) is 3.90. The number of nitrogens with one attached hydrogen (secondary N) is 1. The molecule has 3 aromatic heterocycles. The van der Waals surface area contributed by atoms with E-state index in [-0.39, 0.29) is 0 Å². The van der Waals surface area contributed by atoms with Crippen LogP contribution >= 0.6 is 0 Å². The highest BCUT2D eigenvalue weighted by molar-refractivity contribution is 5.79. The van der Waals surface area contributed by atoms with E-state index in [0.29, 0.717) is 0 Å². The van der Waals surface area contributed by atoms with Crippen LogP contribution in [0, 0.1) is 0 Å². The lowest BCUT2D eigenvalue weighted by Crippen LogP contribution is -1.98. The number of imidazole rings is 1. The zero-order valence-electron chi connectivity index (χ0n) is 14.3. The number of benzene rings is 1. The van der Waals surface area contributed by atoms with Crippen LogP contribution in [-0.2, 0) is 13.5 Å². The molecule has 0 aliphatic heterocycles. The number of anilines is 2. The molecular formula is C20H19N5. The van der Waals surface area contributed by atoms with Crippen molar-refractivity contribution in [3.8, 4) is 11.1 Å². The van der Waals surface area contributed by atoms with Crippen LogP contribution in [0.1, 0.15) is 12.5 Å². The van der Waals surface area contributed by atoms with Crippen molar-refractivity contribution in [3.63, 3.8) is 0 Å². The number of nitrogens with zero attached hydrogens (tertiary/aromatic N) is 4. The van der Waals surface area contributed by atoms with Crippen LogP contribution in [0.25, 0.3) is 22.2 Å². The fraction of sp³-hybridized carbons (Fsp3) is 0.150. The van der Waals surface area contributed by atoms with Gasteiger partial charge < -0.3 is 9.88 Å². The summed E-state index contributed by atoms with van der Waals surface area (Å²) in [6.07, 6.45) is 8.22. The predicted octanol–water partition coefficient (Wildman–Crippen LogP) is 4.34. The van der Waals surface area contributed by atoms with Crippen LogP contribution in [0.5, 0.6) is 0 Å². The van der Waals surface area contributed by atoms with Crippen LogP contribution < -0.4 is 5.32 Å². The normalized spacial score (nSPS) is 11.0. The number of hydrogen-bond acceptors (Lipinski definition) is 4. The second-order valence-corrected chi connectivity index (χ2v) is 6.01. The SMILES string of the molecule is CCc1cc(-c2cccnc2)ccc1Nc1cc2c(cn1)ncn2C. The fourth-order valence-corrected chi connectivity index (χ4v) is 2.96. The molecule has 4 aromatic rings. The highest BCUT2D eigenvalue weighted by Gasteiger charge is 2.07. The predicted molar refractivity (Wildman–Crippen MR) is 101 cm³/mol. The molecule has 4 rings (SSSR count). The average Bonchev–Trinajstić information content (AvgIpc) is 3.03. The molecule has 1 aromatic carbocycles. The van der Waals surface area contributed by atoms with E-state index in [1.54, 1.807) is 18.7 Å². The van der Waals surface area contributed by atoms with E-state index in [9.17, 15) is 0 Å². The molecule has 5 nitrogen and oxygen atoms in total. The summed E-state index contributed by atoms with van der Waals surface area (Å²) in [5, 5.41) is 3.44. The summed E-state index contributed by atoms with van der Waals surface area (Å²) in [5.41, 5.74) is 6.57. The maximum Gasteiger partial charge on any atom is 0.132 e. The van der Waals surface area contributed by atoms with Gasteiger partial charge in [0.25, 0.3) is 0 Å². The van der Waals surface area contributed by atoms with Crippen molar-refractivity contribution in [1.29, 1.82) is 0 Å². The molecule has 0 unspecified atom stereocenters. The Hall–Kier alpha value is -3.21. The van der Waals surface area contributed by atoms with Crippen LogP contribution in [-0.4, -0.2) is 19.5 Å². The van der Waals surface area contributed by atoms with Gasteiger partial charge in [0.1, 0.15) is 11.3 Å². The van der Waals surface area contributed by atoms with Crippen LogP contribution in [0.15, 0.2) is 61.3 Å². The first-order chi connectivity index (χ1) is 12.2. The van der Waals surface area contributed by atoms with Gasteiger partial charge in [0.2, 0.25) is 0 Å². The van der Waals surface area contributed by atoms with Gasteiger partial charge in [0, 0.05) is 31.2 Å². The van der Waals surface area contributed by atoms with Gasteiger partial charge in [-0.05, 0) is 41.3 Å². The van der Waals surface area contributed by atoms with Gasteiger partial charge in [-0.15, -0.1) is 0 Å². The van der Waals surface area contributed by atoms with Gasteiger partial charge in [-0.2, -0.15) is 0 Å². The van der Waals surface area contributed by atoms with Crippen LogP contribution in [0.3, 0.4) is 0 Å². The first-order valence-corrected chi connectivity index (χ1v) is 8.32. The number of aromatic nitrogens is 4. The molecule has 25 heavy (non-hydrogen) atoms. The summed E-state index contributed by atoms with van der Waals surface area (Å²) in [4.78, 5) is 13.0.